The van der Waals surface area contributed by atoms with Crippen molar-refractivity contribution in [3.05, 3.63) is 35.4 Å². The van der Waals surface area contributed by atoms with E-state index in [0.717, 1.165) is 25.3 Å². The van der Waals surface area contributed by atoms with E-state index < -0.39 is 0 Å². The summed E-state index contributed by atoms with van der Waals surface area (Å²) in [5.74, 6) is 0.766. The van der Waals surface area contributed by atoms with Gasteiger partial charge in [-0.05, 0) is 36.3 Å². The number of amidine groups is 1. The third-order valence-corrected chi connectivity index (χ3v) is 4.97. The maximum absolute atomic E-state index is 4.66. The molecular weight excluding hydrogens is 252 g/mol. The summed E-state index contributed by atoms with van der Waals surface area (Å²) >= 11 is 1.94. The molecule has 19 heavy (non-hydrogen) atoms. The SMILES string of the molecule is CC(C)CC1CN=C(NC2Cc3ccccc3C2)S1. The highest BCUT2D eigenvalue weighted by molar-refractivity contribution is 8.14. The molecule has 0 saturated carbocycles. The Kier molecular flexibility index (Phi) is 3.83. The normalized spacial score (nSPS) is 22.7. The fraction of sp³-hybridized carbons (Fsp3) is 0.562. The van der Waals surface area contributed by atoms with E-state index in [1.807, 2.05) is 11.8 Å². The van der Waals surface area contributed by atoms with E-state index >= 15 is 0 Å². The molecule has 1 atom stereocenters. The number of rotatable bonds is 3. The topological polar surface area (TPSA) is 24.4 Å². The number of nitrogens with one attached hydrogen (secondary N) is 1. The van der Waals surface area contributed by atoms with Gasteiger partial charge >= 0.3 is 0 Å². The molecule has 2 nitrogen and oxygen atoms in total. The smallest absolute Gasteiger partial charge is 0.157 e. The fourth-order valence-electron chi connectivity index (χ4n) is 2.98. The average molecular weight is 274 g/mol. The van der Waals surface area contributed by atoms with E-state index in [0.29, 0.717) is 11.3 Å². The van der Waals surface area contributed by atoms with Crippen LogP contribution >= 0.6 is 11.8 Å². The first-order chi connectivity index (χ1) is 9.20. The lowest BCUT2D eigenvalue weighted by Gasteiger charge is -2.14. The van der Waals surface area contributed by atoms with Crippen LogP contribution in [0.4, 0.5) is 0 Å². The van der Waals surface area contributed by atoms with Crippen LogP contribution in [0.5, 0.6) is 0 Å². The maximum Gasteiger partial charge on any atom is 0.157 e. The molecule has 1 aliphatic carbocycles. The summed E-state index contributed by atoms with van der Waals surface area (Å²) in [7, 11) is 0. The summed E-state index contributed by atoms with van der Waals surface area (Å²) in [6.45, 7) is 5.57. The number of hydrogen-bond acceptors (Lipinski definition) is 3. The number of aliphatic imine (C=N–C) groups is 1. The summed E-state index contributed by atoms with van der Waals surface area (Å²) in [5, 5.41) is 5.50. The van der Waals surface area contributed by atoms with Gasteiger partial charge in [-0.1, -0.05) is 49.9 Å². The number of thioether (sulfide) groups is 1. The van der Waals surface area contributed by atoms with Crippen molar-refractivity contribution in [3.8, 4) is 0 Å². The van der Waals surface area contributed by atoms with Crippen LogP contribution in [0.1, 0.15) is 31.4 Å². The lowest BCUT2D eigenvalue weighted by molar-refractivity contribution is 0.575. The predicted octanol–water partition coefficient (Wildman–Crippen LogP) is 3.26. The molecule has 0 saturated heterocycles. The highest BCUT2D eigenvalue weighted by atomic mass is 32.2. The minimum Gasteiger partial charge on any atom is -0.362 e. The van der Waals surface area contributed by atoms with Crippen molar-refractivity contribution in [3.63, 3.8) is 0 Å². The van der Waals surface area contributed by atoms with Gasteiger partial charge in [0, 0.05) is 11.3 Å². The van der Waals surface area contributed by atoms with Crippen molar-refractivity contribution in [1.82, 2.24) is 5.32 Å². The van der Waals surface area contributed by atoms with Gasteiger partial charge in [0.05, 0.1) is 6.54 Å². The van der Waals surface area contributed by atoms with Gasteiger partial charge in [0.2, 0.25) is 0 Å². The molecule has 1 aromatic carbocycles. The van der Waals surface area contributed by atoms with E-state index in [-0.39, 0.29) is 0 Å². The van der Waals surface area contributed by atoms with E-state index in [1.165, 1.54) is 22.7 Å². The average Bonchev–Trinajstić information content (AvgIpc) is 2.94. The second kappa shape index (κ2) is 5.58. The first-order valence-electron chi connectivity index (χ1n) is 7.25. The molecule has 1 unspecified atom stereocenters. The van der Waals surface area contributed by atoms with Crippen molar-refractivity contribution in [2.45, 2.75) is 44.4 Å². The van der Waals surface area contributed by atoms with Crippen LogP contribution in [-0.2, 0) is 12.8 Å². The van der Waals surface area contributed by atoms with E-state index in [4.69, 9.17) is 0 Å². The zero-order chi connectivity index (χ0) is 13.2. The van der Waals surface area contributed by atoms with Gasteiger partial charge in [-0.25, -0.2) is 0 Å². The third-order valence-electron chi connectivity index (χ3n) is 3.83. The first-order valence-corrected chi connectivity index (χ1v) is 8.13. The van der Waals surface area contributed by atoms with Gasteiger partial charge in [-0.2, -0.15) is 0 Å². The lowest BCUT2D eigenvalue weighted by atomic mass is 10.1. The van der Waals surface area contributed by atoms with E-state index in [1.54, 1.807) is 0 Å². The number of benzene rings is 1. The van der Waals surface area contributed by atoms with Gasteiger partial charge in [0.1, 0.15) is 0 Å². The monoisotopic (exact) mass is 274 g/mol. The molecule has 2 aliphatic rings. The Bertz CT molecular complexity index is 456. The summed E-state index contributed by atoms with van der Waals surface area (Å²) < 4.78 is 0. The van der Waals surface area contributed by atoms with E-state index in [9.17, 15) is 0 Å². The Morgan fingerprint density at radius 1 is 1.26 bits per heavy atom. The standard InChI is InChI=1S/C16H22N2S/c1-11(2)7-15-10-17-16(19-15)18-14-8-12-5-3-4-6-13(12)9-14/h3-6,11,14-15H,7-10H2,1-2H3,(H,17,18). The van der Waals surface area contributed by atoms with Crippen LogP contribution in [0, 0.1) is 5.92 Å². The van der Waals surface area contributed by atoms with Gasteiger partial charge in [-0.15, -0.1) is 0 Å². The van der Waals surface area contributed by atoms with Gasteiger partial charge in [0.25, 0.3) is 0 Å². The molecule has 0 radical (unpaired) electrons. The van der Waals surface area contributed by atoms with Gasteiger partial charge < -0.3 is 5.32 Å². The molecule has 102 valence electrons. The number of fused-ring (bicyclic) bond motifs is 1. The fourth-order valence-corrected chi connectivity index (χ4v) is 4.31. The Balaban J connectivity index is 1.52. The summed E-state index contributed by atoms with van der Waals surface area (Å²) in [4.78, 5) is 4.66. The first kappa shape index (κ1) is 13.0. The molecular formula is C16H22N2S. The van der Waals surface area contributed by atoms with Crippen LogP contribution in [-0.4, -0.2) is 23.0 Å². The highest BCUT2D eigenvalue weighted by Gasteiger charge is 2.25. The Morgan fingerprint density at radius 2 is 1.95 bits per heavy atom. The van der Waals surface area contributed by atoms with Crippen LogP contribution in [0.25, 0.3) is 0 Å². The Labute approximate surface area is 120 Å². The van der Waals surface area contributed by atoms with Crippen LogP contribution in [0.15, 0.2) is 29.3 Å². The number of hydrogen-bond donors (Lipinski definition) is 1. The second-order valence-corrected chi connectivity index (χ2v) is 7.32. The molecule has 0 bridgehead atoms. The largest absolute Gasteiger partial charge is 0.362 e. The minimum atomic E-state index is 0.543. The molecule has 0 spiro atoms. The van der Waals surface area contributed by atoms with Crippen LogP contribution < -0.4 is 5.32 Å². The van der Waals surface area contributed by atoms with Crippen molar-refractivity contribution in [1.29, 1.82) is 0 Å². The van der Waals surface area contributed by atoms with E-state index in [2.05, 4.69) is 48.4 Å². The summed E-state index contributed by atoms with van der Waals surface area (Å²) in [5.41, 5.74) is 3.00. The Morgan fingerprint density at radius 3 is 2.58 bits per heavy atom. The van der Waals surface area contributed by atoms with Crippen molar-refractivity contribution in [2.24, 2.45) is 10.9 Å². The zero-order valence-corrected chi connectivity index (χ0v) is 12.5. The predicted molar refractivity (Wildman–Crippen MR) is 83.9 cm³/mol. The minimum absolute atomic E-state index is 0.543. The van der Waals surface area contributed by atoms with Crippen LogP contribution in [0.2, 0.25) is 0 Å². The van der Waals surface area contributed by atoms with Crippen LogP contribution in [0.3, 0.4) is 0 Å². The van der Waals surface area contributed by atoms with Gasteiger partial charge in [0.15, 0.2) is 5.17 Å². The molecule has 0 aromatic heterocycles. The van der Waals surface area contributed by atoms with Crippen molar-refractivity contribution >= 4 is 16.9 Å². The molecule has 0 amide bonds. The molecule has 1 N–H and O–H groups in total. The second-order valence-electron chi connectivity index (χ2n) is 6.03. The zero-order valence-electron chi connectivity index (χ0n) is 11.7. The maximum atomic E-state index is 4.66. The van der Waals surface area contributed by atoms with Crippen molar-refractivity contribution in [2.75, 3.05) is 6.54 Å². The molecule has 1 aliphatic heterocycles. The number of nitrogens with zero attached hydrogens (tertiary/aromatic N) is 1. The lowest BCUT2D eigenvalue weighted by Crippen LogP contribution is -2.33. The quantitative estimate of drug-likeness (QED) is 0.915. The molecule has 1 aromatic rings. The third kappa shape index (κ3) is 3.14. The van der Waals surface area contributed by atoms with Crippen molar-refractivity contribution < 1.29 is 0 Å². The molecule has 3 rings (SSSR count). The van der Waals surface area contributed by atoms with Gasteiger partial charge in [-0.3, -0.25) is 4.99 Å². The highest BCUT2D eigenvalue weighted by Crippen LogP contribution is 2.27. The molecule has 3 heteroatoms. The molecule has 1 heterocycles. The summed E-state index contributed by atoms with van der Waals surface area (Å²) in [6, 6.07) is 9.33. The molecule has 0 fully saturated rings. The Hall–Kier alpha value is -0.960. The summed E-state index contributed by atoms with van der Waals surface area (Å²) in [6.07, 6.45) is 3.56.